The van der Waals surface area contributed by atoms with Crippen LogP contribution in [0, 0.1) is 0 Å². The zero-order valence-corrected chi connectivity index (χ0v) is 24.7. The summed E-state index contributed by atoms with van der Waals surface area (Å²) in [7, 11) is -2.18. The third-order valence-electron chi connectivity index (χ3n) is 7.49. The van der Waals surface area contributed by atoms with Crippen LogP contribution in [0.25, 0.3) is 0 Å². The minimum absolute atomic E-state index is 0. The van der Waals surface area contributed by atoms with Crippen molar-refractivity contribution in [1.82, 2.24) is 19.4 Å². The fourth-order valence-corrected chi connectivity index (χ4v) is 7.19. The van der Waals surface area contributed by atoms with Crippen LogP contribution in [0.15, 0.2) is 18.5 Å². The molecule has 2 aliphatic carbocycles. The standard InChI is InChI=1S/C25H36N6O3S.Na.H/c1-17(2)30-16-21(14-26-30)31(20-9-6-12-29(3)15-20)35(33,34)28-25(32)27-24-22-10-4-7-18(22)13-19-8-5-11-23(19)24;;/h13-14,16-17,20H,4-12,15H2,1-3H3,(H2,27,28,32);;/q;+1;-1. The molecule has 5 rings (SSSR count). The Kier molecular flexibility index (Phi) is 8.41. The van der Waals surface area contributed by atoms with Gasteiger partial charge >= 0.3 is 45.8 Å². The molecule has 3 aliphatic rings. The molecule has 1 fully saturated rings. The van der Waals surface area contributed by atoms with Gasteiger partial charge in [-0.15, -0.1) is 0 Å². The molecule has 2 heterocycles. The number of rotatable bonds is 6. The van der Waals surface area contributed by atoms with Crippen molar-refractivity contribution < 1.29 is 44.2 Å². The van der Waals surface area contributed by atoms with E-state index in [1.807, 2.05) is 20.9 Å². The van der Waals surface area contributed by atoms with Crippen LogP contribution in [0.3, 0.4) is 0 Å². The van der Waals surface area contributed by atoms with Crippen LogP contribution in [0.4, 0.5) is 16.2 Å². The Balaban J connectivity index is 0.00000190. The number of hydrogen-bond acceptors (Lipinski definition) is 5. The van der Waals surface area contributed by atoms with Crippen molar-refractivity contribution in [3.8, 4) is 0 Å². The van der Waals surface area contributed by atoms with E-state index in [-0.39, 0.29) is 43.1 Å². The summed E-state index contributed by atoms with van der Waals surface area (Å²) in [6.07, 6.45) is 10.9. The number of aryl methyl sites for hydroxylation is 2. The van der Waals surface area contributed by atoms with Gasteiger partial charge in [-0.2, -0.15) is 13.5 Å². The molecule has 1 aromatic carbocycles. The minimum Gasteiger partial charge on any atom is -1.00 e. The van der Waals surface area contributed by atoms with Crippen molar-refractivity contribution in [3.05, 3.63) is 40.7 Å². The van der Waals surface area contributed by atoms with E-state index in [2.05, 4.69) is 26.1 Å². The van der Waals surface area contributed by atoms with E-state index in [4.69, 9.17) is 0 Å². The number of piperidine rings is 1. The van der Waals surface area contributed by atoms with E-state index < -0.39 is 16.2 Å². The van der Waals surface area contributed by atoms with Crippen molar-refractivity contribution in [3.63, 3.8) is 0 Å². The topological polar surface area (TPSA) is 99.6 Å². The van der Waals surface area contributed by atoms with Crippen LogP contribution in [-0.4, -0.2) is 55.3 Å². The molecule has 2 N–H and O–H groups in total. The average molecular weight is 525 g/mol. The number of hydrogen-bond donors (Lipinski definition) is 2. The summed E-state index contributed by atoms with van der Waals surface area (Å²) in [6, 6.07) is 1.40. The number of carbonyl (C=O) groups excluding carboxylic acids is 1. The normalized spacial score (nSPS) is 19.5. The maximum Gasteiger partial charge on any atom is 1.00 e. The molecular weight excluding hydrogens is 487 g/mol. The molecule has 11 heteroatoms. The van der Waals surface area contributed by atoms with E-state index >= 15 is 0 Å². The molecule has 0 radical (unpaired) electrons. The van der Waals surface area contributed by atoms with Crippen LogP contribution >= 0.6 is 0 Å². The molecule has 2 amide bonds. The molecule has 1 saturated heterocycles. The van der Waals surface area contributed by atoms with Crippen LogP contribution in [0.2, 0.25) is 0 Å². The molecule has 2 aromatic rings. The van der Waals surface area contributed by atoms with Crippen molar-refractivity contribution in [2.24, 2.45) is 0 Å². The summed E-state index contributed by atoms with van der Waals surface area (Å²) in [4.78, 5) is 15.3. The monoisotopic (exact) mass is 524 g/mol. The minimum atomic E-state index is -4.17. The SMILES string of the molecule is CC(C)n1cc(N(C2CCCN(C)C2)S(=O)(=O)NC(=O)Nc2c3c(cc4c2CCC4)CCC3)cn1.[H-].[Na+]. The second-order valence-corrected chi connectivity index (χ2v) is 12.0. The number of urea groups is 1. The third-order valence-corrected chi connectivity index (χ3v) is 8.97. The van der Waals surface area contributed by atoms with Gasteiger partial charge in [-0.05, 0) is 101 Å². The predicted molar refractivity (Wildman–Crippen MR) is 138 cm³/mol. The Morgan fingerprint density at radius 1 is 1.14 bits per heavy atom. The van der Waals surface area contributed by atoms with Crippen LogP contribution in [0.1, 0.15) is 69.3 Å². The number of amides is 2. The Morgan fingerprint density at radius 2 is 1.81 bits per heavy atom. The molecule has 0 spiro atoms. The number of fused-ring (bicyclic) bond motifs is 2. The van der Waals surface area contributed by atoms with Crippen molar-refractivity contribution in [1.29, 1.82) is 0 Å². The fourth-order valence-electron chi connectivity index (χ4n) is 5.87. The average Bonchev–Trinajstić information content (AvgIpc) is 3.53. The smallest absolute Gasteiger partial charge is 1.00 e. The summed E-state index contributed by atoms with van der Waals surface area (Å²) in [5.74, 6) is 0. The number of likely N-dealkylation sites (tertiary alicyclic amines) is 1. The number of benzene rings is 1. The number of anilines is 2. The quantitative estimate of drug-likeness (QED) is 0.537. The first-order valence-electron chi connectivity index (χ1n) is 12.8. The van der Waals surface area contributed by atoms with Crippen molar-refractivity contribution in [2.75, 3.05) is 29.8 Å². The molecule has 1 aromatic heterocycles. The van der Waals surface area contributed by atoms with E-state index in [9.17, 15) is 13.2 Å². The molecule has 1 atom stereocenters. The molecule has 36 heavy (non-hydrogen) atoms. The Bertz CT molecular complexity index is 1200. The summed E-state index contributed by atoms with van der Waals surface area (Å²) in [5, 5.41) is 7.31. The first kappa shape index (κ1) is 27.4. The van der Waals surface area contributed by atoms with Gasteiger partial charge in [0.05, 0.1) is 17.9 Å². The number of likely N-dealkylation sites (N-methyl/N-ethyl adjacent to an activating group) is 1. The number of nitrogens with zero attached hydrogens (tertiary/aromatic N) is 4. The number of aromatic nitrogens is 2. The summed E-state index contributed by atoms with van der Waals surface area (Å²) < 4.78 is 32.8. The van der Waals surface area contributed by atoms with Gasteiger partial charge in [-0.25, -0.2) is 13.8 Å². The molecule has 9 nitrogen and oxygen atoms in total. The summed E-state index contributed by atoms with van der Waals surface area (Å²) in [5.41, 5.74) is 6.22. The molecule has 192 valence electrons. The summed E-state index contributed by atoms with van der Waals surface area (Å²) in [6.45, 7) is 5.50. The van der Waals surface area contributed by atoms with E-state index in [1.54, 1.807) is 17.1 Å². The van der Waals surface area contributed by atoms with Crippen LogP contribution < -0.4 is 43.9 Å². The largest absolute Gasteiger partial charge is 1.00 e. The summed E-state index contributed by atoms with van der Waals surface area (Å²) >= 11 is 0. The molecule has 1 unspecified atom stereocenters. The fraction of sp³-hybridized carbons (Fsp3) is 0.600. The first-order chi connectivity index (χ1) is 16.7. The van der Waals surface area contributed by atoms with Gasteiger partial charge in [-0.3, -0.25) is 4.68 Å². The Hall–Kier alpha value is -1.59. The van der Waals surface area contributed by atoms with Gasteiger partial charge in [0.2, 0.25) is 0 Å². The van der Waals surface area contributed by atoms with Gasteiger partial charge in [-0.1, -0.05) is 6.07 Å². The second-order valence-electron chi connectivity index (χ2n) is 10.4. The Morgan fingerprint density at radius 3 is 2.39 bits per heavy atom. The number of carbonyl (C=O) groups is 1. The van der Waals surface area contributed by atoms with Crippen molar-refractivity contribution in [2.45, 2.75) is 77.3 Å². The molecule has 0 saturated carbocycles. The van der Waals surface area contributed by atoms with Crippen LogP contribution in [0.5, 0.6) is 0 Å². The van der Waals surface area contributed by atoms with Gasteiger partial charge in [0.1, 0.15) is 0 Å². The predicted octanol–water partition coefficient (Wildman–Crippen LogP) is 0.525. The van der Waals surface area contributed by atoms with E-state index in [1.165, 1.54) is 26.6 Å². The first-order valence-corrected chi connectivity index (χ1v) is 14.2. The van der Waals surface area contributed by atoms with E-state index in [0.29, 0.717) is 12.2 Å². The molecule has 1 aliphatic heterocycles. The molecular formula is C25H37N6NaO3S. The van der Waals surface area contributed by atoms with Gasteiger partial charge in [0, 0.05) is 24.5 Å². The second kappa shape index (κ2) is 11.0. The van der Waals surface area contributed by atoms with E-state index in [0.717, 1.165) is 63.6 Å². The maximum absolute atomic E-state index is 13.7. The van der Waals surface area contributed by atoms with Gasteiger partial charge < -0.3 is 11.6 Å². The van der Waals surface area contributed by atoms with Crippen LogP contribution in [-0.2, 0) is 35.9 Å². The third kappa shape index (κ3) is 5.48. The molecule has 0 bridgehead atoms. The zero-order valence-electron chi connectivity index (χ0n) is 22.9. The van der Waals surface area contributed by atoms with Crippen molar-refractivity contribution >= 4 is 27.6 Å². The Labute approximate surface area is 237 Å². The van der Waals surface area contributed by atoms with Gasteiger partial charge in [0.15, 0.2) is 0 Å². The number of nitrogens with one attached hydrogen (secondary N) is 2. The maximum atomic E-state index is 13.7. The van der Waals surface area contributed by atoms with Gasteiger partial charge in [0.25, 0.3) is 0 Å². The zero-order chi connectivity index (χ0) is 24.7.